The number of rotatable bonds is 4. The summed E-state index contributed by atoms with van der Waals surface area (Å²) in [6.07, 6.45) is 0. The van der Waals surface area contributed by atoms with Gasteiger partial charge >= 0.3 is 0 Å². The van der Waals surface area contributed by atoms with E-state index in [1.54, 1.807) is 19.1 Å². The summed E-state index contributed by atoms with van der Waals surface area (Å²) in [6, 6.07) is 8.14. The molecule has 0 bridgehead atoms. The summed E-state index contributed by atoms with van der Waals surface area (Å²) in [5, 5.41) is 0. The molecule has 2 amide bonds. The first-order valence-corrected chi connectivity index (χ1v) is 9.04. The Morgan fingerprint density at radius 2 is 1.72 bits per heavy atom. The van der Waals surface area contributed by atoms with Gasteiger partial charge in [0.15, 0.2) is 0 Å². The largest absolute Gasteiger partial charge is 0.366 e. The van der Waals surface area contributed by atoms with Crippen molar-refractivity contribution in [3.05, 3.63) is 35.4 Å². The molecule has 0 aliphatic carbocycles. The zero-order valence-corrected chi connectivity index (χ0v) is 15.1. The zero-order valence-electron chi connectivity index (χ0n) is 15.1. The first kappa shape index (κ1) is 17.9. The molecule has 0 radical (unpaired) electrons. The fourth-order valence-electron chi connectivity index (χ4n) is 4.05. The van der Waals surface area contributed by atoms with E-state index in [0.717, 1.165) is 45.8 Å². The molecular formula is C19H28N4O2. The number of benzene rings is 1. The van der Waals surface area contributed by atoms with Gasteiger partial charge in [0.25, 0.3) is 0 Å². The molecule has 0 unspecified atom stereocenters. The maximum absolute atomic E-state index is 11.5. The lowest BCUT2D eigenvalue weighted by molar-refractivity contribution is -0.130. The lowest BCUT2D eigenvalue weighted by Gasteiger charge is -2.39. The topological polar surface area (TPSA) is 69.9 Å². The van der Waals surface area contributed by atoms with Gasteiger partial charge in [0.2, 0.25) is 11.8 Å². The third-order valence-electron chi connectivity index (χ3n) is 5.52. The van der Waals surface area contributed by atoms with E-state index in [1.165, 1.54) is 5.56 Å². The highest BCUT2D eigenvalue weighted by atomic mass is 16.2. The fourth-order valence-corrected chi connectivity index (χ4v) is 4.05. The van der Waals surface area contributed by atoms with Gasteiger partial charge in [-0.25, -0.2) is 0 Å². The number of primary amides is 1. The molecule has 0 aromatic heterocycles. The van der Waals surface area contributed by atoms with Crippen LogP contribution >= 0.6 is 0 Å². The van der Waals surface area contributed by atoms with E-state index in [-0.39, 0.29) is 11.8 Å². The Kier molecular flexibility index (Phi) is 5.39. The maximum atomic E-state index is 11.5. The van der Waals surface area contributed by atoms with Crippen molar-refractivity contribution in [2.45, 2.75) is 26.4 Å². The standard InChI is InChI=1S/C19H28N4O2/c1-14-11-21(12-16-3-5-17(6-4-16)19(20)25)13-18(14)23-9-7-22(8-10-23)15(2)24/h3-6,14,18H,7-13H2,1-2H3,(H2,20,25)/t14-,18-/m1/s1. The van der Waals surface area contributed by atoms with Crippen molar-refractivity contribution in [2.24, 2.45) is 11.7 Å². The van der Waals surface area contributed by atoms with Crippen molar-refractivity contribution in [1.29, 1.82) is 0 Å². The summed E-state index contributed by atoms with van der Waals surface area (Å²) >= 11 is 0. The van der Waals surface area contributed by atoms with Gasteiger partial charge in [-0.3, -0.25) is 19.4 Å². The van der Waals surface area contributed by atoms with Crippen LogP contribution in [0.15, 0.2) is 24.3 Å². The molecule has 25 heavy (non-hydrogen) atoms. The molecule has 136 valence electrons. The van der Waals surface area contributed by atoms with Gasteiger partial charge in [-0.1, -0.05) is 19.1 Å². The third kappa shape index (κ3) is 4.19. The second kappa shape index (κ2) is 7.54. The second-order valence-electron chi connectivity index (χ2n) is 7.34. The van der Waals surface area contributed by atoms with Gasteiger partial charge in [0, 0.05) is 64.3 Å². The van der Waals surface area contributed by atoms with Crippen molar-refractivity contribution in [2.75, 3.05) is 39.3 Å². The molecule has 2 aliphatic heterocycles. The number of hydrogen-bond donors (Lipinski definition) is 1. The predicted molar refractivity (Wildman–Crippen MR) is 97.0 cm³/mol. The number of nitrogens with two attached hydrogens (primary N) is 1. The van der Waals surface area contributed by atoms with Crippen LogP contribution in [0.4, 0.5) is 0 Å². The van der Waals surface area contributed by atoms with Crippen LogP contribution in [0, 0.1) is 5.92 Å². The van der Waals surface area contributed by atoms with Crippen LogP contribution in [-0.2, 0) is 11.3 Å². The molecule has 3 rings (SSSR count). The molecule has 2 aliphatic rings. The summed E-state index contributed by atoms with van der Waals surface area (Å²) in [5.41, 5.74) is 7.06. The van der Waals surface area contributed by atoms with E-state index in [4.69, 9.17) is 5.73 Å². The van der Waals surface area contributed by atoms with Gasteiger partial charge in [0.1, 0.15) is 0 Å². The Hall–Kier alpha value is -1.92. The lowest BCUT2D eigenvalue weighted by atomic mass is 10.0. The number of carbonyl (C=O) groups excluding carboxylic acids is 2. The SMILES string of the molecule is CC(=O)N1CCN([C@@H]2CN(Cc3ccc(C(N)=O)cc3)C[C@H]2C)CC1. The Labute approximate surface area is 149 Å². The van der Waals surface area contributed by atoms with Crippen LogP contribution in [0.2, 0.25) is 0 Å². The normalized spacial score (nSPS) is 25.3. The average molecular weight is 344 g/mol. The third-order valence-corrected chi connectivity index (χ3v) is 5.52. The van der Waals surface area contributed by atoms with Crippen molar-refractivity contribution in [3.63, 3.8) is 0 Å². The minimum atomic E-state index is -0.383. The van der Waals surface area contributed by atoms with E-state index < -0.39 is 0 Å². The molecule has 2 fully saturated rings. The molecular weight excluding hydrogens is 316 g/mol. The summed E-state index contributed by atoms with van der Waals surface area (Å²) in [4.78, 5) is 29.6. The summed E-state index contributed by atoms with van der Waals surface area (Å²) in [7, 11) is 0. The van der Waals surface area contributed by atoms with Crippen LogP contribution in [-0.4, -0.2) is 71.8 Å². The van der Waals surface area contributed by atoms with Gasteiger partial charge in [-0.15, -0.1) is 0 Å². The fraction of sp³-hybridized carbons (Fsp3) is 0.579. The first-order chi connectivity index (χ1) is 11.9. The molecule has 2 N–H and O–H groups in total. The lowest BCUT2D eigenvalue weighted by Crippen LogP contribution is -2.53. The summed E-state index contributed by atoms with van der Waals surface area (Å²) in [5.74, 6) is 0.417. The van der Waals surface area contributed by atoms with E-state index in [0.29, 0.717) is 17.5 Å². The molecule has 1 aromatic rings. The summed E-state index contributed by atoms with van der Waals surface area (Å²) < 4.78 is 0. The van der Waals surface area contributed by atoms with Crippen LogP contribution in [0.1, 0.15) is 29.8 Å². The van der Waals surface area contributed by atoms with Crippen LogP contribution < -0.4 is 5.73 Å². The molecule has 2 saturated heterocycles. The Morgan fingerprint density at radius 3 is 2.28 bits per heavy atom. The zero-order chi connectivity index (χ0) is 18.0. The summed E-state index contributed by atoms with van der Waals surface area (Å²) in [6.45, 7) is 10.6. The predicted octanol–water partition coefficient (Wildman–Crippen LogP) is 0.770. The molecule has 1 aromatic carbocycles. The van der Waals surface area contributed by atoms with Crippen molar-refractivity contribution in [3.8, 4) is 0 Å². The molecule has 0 saturated carbocycles. The van der Waals surface area contributed by atoms with Gasteiger partial charge < -0.3 is 10.6 Å². The second-order valence-corrected chi connectivity index (χ2v) is 7.34. The van der Waals surface area contributed by atoms with E-state index in [2.05, 4.69) is 16.7 Å². The average Bonchev–Trinajstić information content (AvgIpc) is 2.95. The number of nitrogens with zero attached hydrogens (tertiary/aromatic N) is 3. The number of piperazine rings is 1. The Bertz CT molecular complexity index is 623. The highest BCUT2D eigenvalue weighted by Gasteiger charge is 2.35. The van der Waals surface area contributed by atoms with E-state index in [9.17, 15) is 9.59 Å². The molecule has 0 spiro atoms. The van der Waals surface area contributed by atoms with E-state index in [1.807, 2.05) is 17.0 Å². The van der Waals surface area contributed by atoms with Gasteiger partial charge in [0.05, 0.1) is 0 Å². The number of carbonyl (C=O) groups is 2. The number of amides is 2. The minimum Gasteiger partial charge on any atom is -0.366 e. The van der Waals surface area contributed by atoms with Crippen LogP contribution in [0.5, 0.6) is 0 Å². The highest BCUT2D eigenvalue weighted by molar-refractivity contribution is 5.92. The maximum Gasteiger partial charge on any atom is 0.248 e. The van der Waals surface area contributed by atoms with Gasteiger partial charge in [-0.2, -0.15) is 0 Å². The van der Waals surface area contributed by atoms with Crippen LogP contribution in [0.3, 0.4) is 0 Å². The molecule has 2 atom stereocenters. The minimum absolute atomic E-state index is 0.181. The smallest absolute Gasteiger partial charge is 0.248 e. The Morgan fingerprint density at radius 1 is 1.08 bits per heavy atom. The van der Waals surface area contributed by atoms with Crippen molar-refractivity contribution in [1.82, 2.24) is 14.7 Å². The number of hydrogen-bond acceptors (Lipinski definition) is 4. The van der Waals surface area contributed by atoms with Crippen LogP contribution in [0.25, 0.3) is 0 Å². The highest BCUT2D eigenvalue weighted by Crippen LogP contribution is 2.24. The van der Waals surface area contributed by atoms with E-state index >= 15 is 0 Å². The molecule has 2 heterocycles. The monoisotopic (exact) mass is 344 g/mol. The molecule has 6 heteroatoms. The Balaban J connectivity index is 1.54. The number of likely N-dealkylation sites (tertiary alicyclic amines) is 1. The van der Waals surface area contributed by atoms with Crippen molar-refractivity contribution >= 4 is 11.8 Å². The first-order valence-electron chi connectivity index (χ1n) is 9.04. The molecule has 6 nitrogen and oxygen atoms in total. The van der Waals surface area contributed by atoms with Crippen molar-refractivity contribution < 1.29 is 9.59 Å². The van der Waals surface area contributed by atoms with Gasteiger partial charge in [-0.05, 0) is 23.6 Å². The quantitative estimate of drug-likeness (QED) is 0.876.